The third-order valence-electron chi connectivity index (χ3n) is 3.70. The van der Waals surface area contributed by atoms with E-state index in [0.717, 1.165) is 24.5 Å². The maximum absolute atomic E-state index is 12.4. The van der Waals surface area contributed by atoms with Gasteiger partial charge in [0.05, 0.1) is 12.8 Å². The van der Waals surface area contributed by atoms with Crippen LogP contribution in [0.2, 0.25) is 0 Å². The topological polar surface area (TPSA) is 58.6 Å². The van der Waals surface area contributed by atoms with Gasteiger partial charge >= 0.3 is 0 Å². The van der Waals surface area contributed by atoms with Gasteiger partial charge in [-0.15, -0.1) is 0 Å². The predicted octanol–water partition coefficient (Wildman–Crippen LogP) is 1.82. The maximum atomic E-state index is 12.4. The highest BCUT2D eigenvalue weighted by Gasteiger charge is 2.25. The van der Waals surface area contributed by atoms with Gasteiger partial charge in [-0.2, -0.15) is 4.37 Å². The molecule has 1 aromatic carbocycles. The number of rotatable bonds is 3. The van der Waals surface area contributed by atoms with Crippen LogP contribution in [0.4, 0.5) is 5.69 Å². The number of piperazine rings is 1. The number of para-hydroxylation sites is 2. The van der Waals surface area contributed by atoms with Gasteiger partial charge in [0.1, 0.15) is 11.6 Å². The zero-order chi connectivity index (χ0) is 15.5. The highest BCUT2D eigenvalue weighted by Crippen LogP contribution is 2.28. The van der Waals surface area contributed by atoms with Crippen molar-refractivity contribution in [2.75, 3.05) is 38.2 Å². The van der Waals surface area contributed by atoms with Gasteiger partial charge in [-0.05, 0) is 30.6 Å². The summed E-state index contributed by atoms with van der Waals surface area (Å²) in [4.78, 5) is 20.6. The molecule has 0 bridgehead atoms. The van der Waals surface area contributed by atoms with Crippen LogP contribution in [0.15, 0.2) is 24.3 Å². The number of nitrogens with zero attached hydrogens (tertiary/aromatic N) is 4. The molecule has 7 heteroatoms. The van der Waals surface area contributed by atoms with Crippen LogP contribution in [0.3, 0.4) is 0 Å². The van der Waals surface area contributed by atoms with Crippen molar-refractivity contribution in [3.8, 4) is 5.75 Å². The lowest BCUT2D eigenvalue weighted by Gasteiger charge is -2.36. The van der Waals surface area contributed by atoms with Crippen molar-refractivity contribution in [1.29, 1.82) is 0 Å². The Bertz CT molecular complexity index is 665. The van der Waals surface area contributed by atoms with Gasteiger partial charge in [0.2, 0.25) is 5.01 Å². The molecule has 116 valence electrons. The van der Waals surface area contributed by atoms with Gasteiger partial charge in [0.25, 0.3) is 5.91 Å². The molecule has 1 aliphatic heterocycles. The zero-order valence-corrected chi connectivity index (χ0v) is 13.5. The number of anilines is 1. The lowest BCUT2D eigenvalue weighted by molar-refractivity contribution is 0.0746. The minimum atomic E-state index is -0.0229. The van der Waals surface area contributed by atoms with Crippen LogP contribution >= 0.6 is 11.5 Å². The Morgan fingerprint density at radius 3 is 2.59 bits per heavy atom. The third kappa shape index (κ3) is 2.89. The van der Waals surface area contributed by atoms with Crippen molar-refractivity contribution in [2.45, 2.75) is 6.92 Å². The van der Waals surface area contributed by atoms with Gasteiger partial charge in [0.15, 0.2) is 0 Å². The molecule has 2 aromatic rings. The molecule has 1 saturated heterocycles. The van der Waals surface area contributed by atoms with E-state index in [0.29, 0.717) is 23.9 Å². The van der Waals surface area contributed by atoms with E-state index in [1.54, 1.807) is 14.0 Å². The van der Waals surface area contributed by atoms with Crippen molar-refractivity contribution >= 4 is 23.1 Å². The van der Waals surface area contributed by atoms with Gasteiger partial charge in [-0.25, -0.2) is 4.98 Å². The standard InChI is InChI=1S/C15H18N4O2S/c1-11-16-14(22-17-11)15(20)19-9-7-18(8-10-19)12-5-3-4-6-13(12)21-2/h3-6H,7-10H2,1-2H3. The van der Waals surface area contributed by atoms with E-state index in [4.69, 9.17) is 4.74 Å². The van der Waals surface area contributed by atoms with Crippen molar-refractivity contribution in [2.24, 2.45) is 0 Å². The van der Waals surface area contributed by atoms with Crippen LogP contribution in [0.5, 0.6) is 5.75 Å². The molecular formula is C15H18N4O2S. The summed E-state index contributed by atoms with van der Waals surface area (Å²) in [5.74, 6) is 1.49. The summed E-state index contributed by atoms with van der Waals surface area (Å²) in [5, 5.41) is 0.475. The van der Waals surface area contributed by atoms with E-state index < -0.39 is 0 Å². The number of carbonyl (C=O) groups excluding carboxylic acids is 1. The summed E-state index contributed by atoms with van der Waals surface area (Å²) in [5.41, 5.74) is 1.07. The fourth-order valence-corrected chi connectivity index (χ4v) is 3.20. The number of carbonyl (C=O) groups is 1. The number of benzene rings is 1. The molecule has 0 saturated carbocycles. The fourth-order valence-electron chi connectivity index (χ4n) is 2.56. The Hall–Kier alpha value is -2.15. The Morgan fingerprint density at radius 2 is 1.95 bits per heavy atom. The molecule has 0 spiro atoms. The Kier molecular flexibility index (Phi) is 4.24. The summed E-state index contributed by atoms with van der Waals surface area (Å²) in [6, 6.07) is 7.96. The Labute approximate surface area is 133 Å². The van der Waals surface area contributed by atoms with Gasteiger partial charge in [0, 0.05) is 26.2 Å². The van der Waals surface area contributed by atoms with E-state index >= 15 is 0 Å². The second kappa shape index (κ2) is 6.31. The fraction of sp³-hybridized carbons (Fsp3) is 0.400. The third-order valence-corrected chi connectivity index (χ3v) is 4.50. The minimum Gasteiger partial charge on any atom is -0.495 e. The molecule has 1 amide bonds. The van der Waals surface area contributed by atoms with Crippen LogP contribution in [-0.4, -0.2) is 53.5 Å². The number of hydrogen-bond donors (Lipinski definition) is 0. The molecule has 22 heavy (non-hydrogen) atoms. The minimum absolute atomic E-state index is 0.0229. The molecule has 0 unspecified atom stereocenters. The number of hydrogen-bond acceptors (Lipinski definition) is 6. The lowest BCUT2D eigenvalue weighted by Crippen LogP contribution is -2.48. The predicted molar refractivity (Wildman–Crippen MR) is 85.8 cm³/mol. The summed E-state index contributed by atoms with van der Waals surface area (Å²) in [7, 11) is 1.68. The van der Waals surface area contributed by atoms with Crippen LogP contribution in [0.25, 0.3) is 0 Å². The SMILES string of the molecule is COc1ccccc1N1CCN(C(=O)c2nc(C)ns2)CC1. The van der Waals surface area contributed by atoms with E-state index in [1.165, 1.54) is 11.5 Å². The van der Waals surface area contributed by atoms with Crippen LogP contribution in [-0.2, 0) is 0 Å². The highest BCUT2D eigenvalue weighted by atomic mass is 32.1. The average molecular weight is 318 g/mol. The number of aromatic nitrogens is 2. The van der Waals surface area contributed by atoms with Crippen LogP contribution < -0.4 is 9.64 Å². The smallest absolute Gasteiger partial charge is 0.284 e. The monoisotopic (exact) mass is 318 g/mol. The van der Waals surface area contributed by atoms with Crippen LogP contribution in [0.1, 0.15) is 15.6 Å². The largest absolute Gasteiger partial charge is 0.495 e. The molecule has 2 heterocycles. The van der Waals surface area contributed by atoms with Crippen LogP contribution in [0, 0.1) is 6.92 Å². The van der Waals surface area contributed by atoms with Crippen molar-refractivity contribution in [1.82, 2.24) is 14.3 Å². The normalized spacial score (nSPS) is 15.0. The summed E-state index contributed by atoms with van der Waals surface area (Å²) in [6.45, 7) is 4.71. The number of ether oxygens (including phenoxy) is 1. The van der Waals surface area contributed by atoms with Gasteiger partial charge < -0.3 is 14.5 Å². The molecule has 1 fully saturated rings. The molecule has 0 aliphatic carbocycles. The maximum Gasteiger partial charge on any atom is 0.284 e. The Balaban J connectivity index is 1.66. The zero-order valence-electron chi connectivity index (χ0n) is 12.7. The van der Waals surface area contributed by atoms with E-state index in [1.807, 2.05) is 29.2 Å². The van der Waals surface area contributed by atoms with E-state index in [9.17, 15) is 4.79 Å². The van der Waals surface area contributed by atoms with E-state index in [-0.39, 0.29) is 5.91 Å². The first-order chi connectivity index (χ1) is 10.7. The van der Waals surface area contributed by atoms with Crippen molar-refractivity contribution in [3.63, 3.8) is 0 Å². The first kappa shape index (κ1) is 14.8. The summed E-state index contributed by atoms with van der Waals surface area (Å²) >= 11 is 1.17. The first-order valence-electron chi connectivity index (χ1n) is 7.16. The molecule has 1 aromatic heterocycles. The van der Waals surface area contributed by atoms with Gasteiger partial charge in [-0.3, -0.25) is 4.79 Å². The second-order valence-corrected chi connectivity index (χ2v) is 5.85. The summed E-state index contributed by atoms with van der Waals surface area (Å²) < 4.78 is 9.48. The average Bonchev–Trinajstić information content (AvgIpc) is 3.01. The molecule has 1 aliphatic rings. The van der Waals surface area contributed by atoms with Crippen molar-refractivity contribution < 1.29 is 9.53 Å². The quantitative estimate of drug-likeness (QED) is 0.864. The number of methoxy groups -OCH3 is 1. The molecule has 0 atom stereocenters. The lowest BCUT2D eigenvalue weighted by atomic mass is 10.2. The molecular weight excluding hydrogens is 300 g/mol. The molecule has 3 rings (SSSR count). The van der Waals surface area contributed by atoms with Gasteiger partial charge in [-0.1, -0.05) is 12.1 Å². The molecule has 0 N–H and O–H groups in total. The Morgan fingerprint density at radius 1 is 1.23 bits per heavy atom. The number of aryl methyl sites for hydroxylation is 1. The van der Waals surface area contributed by atoms with E-state index in [2.05, 4.69) is 14.3 Å². The second-order valence-electron chi connectivity index (χ2n) is 5.10. The number of amides is 1. The molecule has 0 radical (unpaired) electrons. The first-order valence-corrected chi connectivity index (χ1v) is 7.94. The summed E-state index contributed by atoms with van der Waals surface area (Å²) in [6.07, 6.45) is 0. The highest BCUT2D eigenvalue weighted by molar-refractivity contribution is 7.07. The van der Waals surface area contributed by atoms with Crippen molar-refractivity contribution in [3.05, 3.63) is 35.1 Å². The molecule has 6 nitrogen and oxygen atoms in total.